The van der Waals surface area contributed by atoms with E-state index in [0.29, 0.717) is 18.1 Å². The molecular weight excluding hydrogens is 338 g/mol. The summed E-state index contributed by atoms with van der Waals surface area (Å²) >= 11 is 0. The molecule has 3 rings (SSSR count). The molecule has 0 bridgehead atoms. The van der Waals surface area contributed by atoms with E-state index < -0.39 is 12.0 Å². The summed E-state index contributed by atoms with van der Waals surface area (Å²) in [5.74, 6) is 0.234. The van der Waals surface area contributed by atoms with E-state index >= 15 is 0 Å². The van der Waals surface area contributed by atoms with Crippen LogP contribution < -0.4 is 5.32 Å². The Hall–Kier alpha value is -2.95. The zero-order chi connectivity index (χ0) is 19.6. The average Bonchev–Trinajstić information content (AvgIpc) is 2.65. The summed E-state index contributed by atoms with van der Waals surface area (Å²) in [5, 5.41) is 13.3. The molecule has 0 fully saturated rings. The van der Waals surface area contributed by atoms with Crippen molar-refractivity contribution in [2.45, 2.75) is 45.6 Å². The Morgan fingerprint density at radius 1 is 1.07 bits per heavy atom. The van der Waals surface area contributed by atoms with Crippen LogP contribution in [0.5, 0.6) is 0 Å². The van der Waals surface area contributed by atoms with Gasteiger partial charge in [0.05, 0.1) is 5.52 Å². The lowest BCUT2D eigenvalue weighted by atomic mass is 9.87. The summed E-state index contributed by atoms with van der Waals surface area (Å²) in [7, 11) is 0. The second-order valence-electron chi connectivity index (χ2n) is 7.68. The molecule has 5 heteroatoms. The van der Waals surface area contributed by atoms with Gasteiger partial charge in [-0.3, -0.25) is 0 Å². The van der Waals surface area contributed by atoms with E-state index in [0.717, 1.165) is 16.5 Å². The molecule has 5 nitrogen and oxygen atoms in total. The van der Waals surface area contributed by atoms with Crippen LogP contribution in [-0.4, -0.2) is 27.1 Å². The van der Waals surface area contributed by atoms with Crippen molar-refractivity contribution in [2.24, 2.45) is 0 Å². The fourth-order valence-corrected chi connectivity index (χ4v) is 2.94. The van der Waals surface area contributed by atoms with Gasteiger partial charge in [-0.15, -0.1) is 0 Å². The van der Waals surface area contributed by atoms with E-state index in [9.17, 15) is 9.90 Å². The fourth-order valence-electron chi connectivity index (χ4n) is 2.94. The van der Waals surface area contributed by atoms with Gasteiger partial charge in [0, 0.05) is 10.9 Å². The summed E-state index contributed by atoms with van der Waals surface area (Å²) in [6.07, 6.45) is 0.462. The molecule has 0 spiro atoms. The van der Waals surface area contributed by atoms with Crippen molar-refractivity contribution >= 4 is 22.7 Å². The van der Waals surface area contributed by atoms with Gasteiger partial charge in [-0.2, -0.15) is 0 Å². The number of carboxylic acid groups (broad SMARTS) is 1. The molecule has 2 N–H and O–H groups in total. The first-order chi connectivity index (χ1) is 12.8. The van der Waals surface area contributed by atoms with E-state index in [4.69, 9.17) is 0 Å². The lowest BCUT2D eigenvalue weighted by molar-refractivity contribution is -0.137. The largest absolute Gasteiger partial charge is 0.480 e. The molecule has 0 radical (unpaired) electrons. The van der Waals surface area contributed by atoms with Crippen molar-refractivity contribution in [1.82, 2.24) is 9.97 Å². The third-order valence-electron chi connectivity index (χ3n) is 4.63. The zero-order valence-electron chi connectivity index (χ0n) is 16.2. The van der Waals surface area contributed by atoms with E-state index in [1.165, 1.54) is 5.56 Å². The predicted octanol–water partition coefficient (Wildman–Crippen LogP) is 4.87. The van der Waals surface area contributed by atoms with Gasteiger partial charge >= 0.3 is 5.97 Å². The third kappa shape index (κ3) is 4.08. The normalized spacial score (nSPS) is 12.7. The third-order valence-corrected chi connectivity index (χ3v) is 4.63. The van der Waals surface area contributed by atoms with Gasteiger partial charge in [0.1, 0.15) is 11.9 Å². The van der Waals surface area contributed by atoms with Crippen LogP contribution >= 0.6 is 0 Å². The van der Waals surface area contributed by atoms with Gasteiger partial charge in [-0.25, -0.2) is 14.8 Å². The van der Waals surface area contributed by atoms with Crippen LogP contribution in [0.1, 0.15) is 39.7 Å². The standard InChI is InChI=1S/C22H25N3O2/c1-5-17(21(26)27)23-20-16-8-6-7-9-18(16)24-19(25-20)14-10-12-15(13-11-14)22(2,3)4/h6-13,17H,5H2,1-4H3,(H,26,27)(H,23,24,25)/t17-/m1/s1. The zero-order valence-corrected chi connectivity index (χ0v) is 16.2. The predicted molar refractivity (Wildman–Crippen MR) is 109 cm³/mol. The van der Waals surface area contributed by atoms with Crippen molar-refractivity contribution in [1.29, 1.82) is 0 Å². The minimum atomic E-state index is -0.892. The highest BCUT2D eigenvalue weighted by atomic mass is 16.4. The first-order valence-corrected chi connectivity index (χ1v) is 9.16. The van der Waals surface area contributed by atoms with E-state index in [1.54, 1.807) is 0 Å². The number of nitrogens with one attached hydrogen (secondary N) is 1. The highest BCUT2D eigenvalue weighted by Crippen LogP contribution is 2.28. The minimum absolute atomic E-state index is 0.0747. The molecule has 0 unspecified atom stereocenters. The summed E-state index contributed by atoms with van der Waals surface area (Å²) in [4.78, 5) is 20.8. The Labute approximate surface area is 159 Å². The number of rotatable bonds is 5. The van der Waals surface area contributed by atoms with Gasteiger partial charge in [0.15, 0.2) is 5.82 Å². The van der Waals surface area contributed by atoms with E-state index in [1.807, 2.05) is 43.3 Å². The Morgan fingerprint density at radius 3 is 2.33 bits per heavy atom. The van der Waals surface area contributed by atoms with Crippen LogP contribution in [0.3, 0.4) is 0 Å². The van der Waals surface area contributed by atoms with Gasteiger partial charge in [0.2, 0.25) is 0 Å². The number of carboxylic acids is 1. The Morgan fingerprint density at radius 2 is 1.74 bits per heavy atom. The minimum Gasteiger partial charge on any atom is -0.480 e. The van der Waals surface area contributed by atoms with E-state index in [2.05, 4.69) is 48.2 Å². The number of benzene rings is 2. The van der Waals surface area contributed by atoms with Crippen molar-refractivity contribution < 1.29 is 9.90 Å². The van der Waals surface area contributed by atoms with Crippen LogP contribution in [0, 0.1) is 0 Å². The molecule has 3 aromatic rings. The van der Waals surface area contributed by atoms with Gasteiger partial charge in [-0.1, -0.05) is 64.1 Å². The highest BCUT2D eigenvalue weighted by Gasteiger charge is 2.18. The number of aromatic nitrogens is 2. The molecule has 0 amide bonds. The maximum absolute atomic E-state index is 11.5. The number of carbonyl (C=O) groups is 1. The molecule has 1 atom stereocenters. The molecule has 0 saturated heterocycles. The maximum Gasteiger partial charge on any atom is 0.326 e. The summed E-state index contributed by atoms with van der Waals surface area (Å²) < 4.78 is 0. The Balaban J connectivity index is 2.07. The van der Waals surface area contributed by atoms with Crippen molar-refractivity contribution in [2.75, 3.05) is 5.32 Å². The Kier molecular flexibility index (Phi) is 5.13. The molecule has 0 saturated carbocycles. The fraction of sp³-hybridized carbons (Fsp3) is 0.318. The number of para-hydroxylation sites is 1. The molecule has 1 aromatic heterocycles. The van der Waals surface area contributed by atoms with Crippen LogP contribution in [0.15, 0.2) is 48.5 Å². The summed E-state index contributed by atoms with van der Waals surface area (Å²) in [6.45, 7) is 8.36. The number of aliphatic carboxylic acids is 1. The monoisotopic (exact) mass is 363 g/mol. The molecule has 0 aliphatic rings. The summed E-state index contributed by atoms with van der Waals surface area (Å²) in [6, 6.07) is 15.2. The lowest BCUT2D eigenvalue weighted by Crippen LogP contribution is -2.29. The van der Waals surface area contributed by atoms with Gasteiger partial charge < -0.3 is 10.4 Å². The summed E-state index contributed by atoms with van der Waals surface area (Å²) in [5.41, 5.74) is 3.00. The van der Waals surface area contributed by atoms with E-state index in [-0.39, 0.29) is 5.41 Å². The maximum atomic E-state index is 11.5. The number of hydrogen-bond donors (Lipinski definition) is 2. The average molecular weight is 363 g/mol. The first-order valence-electron chi connectivity index (χ1n) is 9.16. The molecule has 140 valence electrons. The molecule has 0 aliphatic carbocycles. The first kappa shape index (κ1) is 18.8. The second kappa shape index (κ2) is 7.35. The van der Waals surface area contributed by atoms with Crippen molar-refractivity contribution in [3.05, 3.63) is 54.1 Å². The smallest absolute Gasteiger partial charge is 0.326 e. The van der Waals surface area contributed by atoms with Crippen LogP contribution in [0.2, 0.25) is 0 Å². The number of nitrogens with zero attached hydrogens (tertiary/aromatic N) is 2. The van der Waals surface area contributed by atoms with Crippen LogP contribution in [0.4, 0.5) is 5.82 Å². The molecule has 0 aliphatic heterocycles. The van der Waals surface area contributed by atoms with Crippen LogP contribution in [0.25, 0.3) is 22.3 Å². The second-order valence-corrected chi connectivity index (χ2v) is 7.68. The van der Waals surface area contributed by atoms with Crippen molar-refractivity contribution in [3.8, 4) is 11.4 Å². The lowest BCUT2D eigenvalue weighted by Gasteiger charge is -2.19. The van der Waals surface area contributed by atoms with Gasteiger partial charge in [-0.05, 0) is 29.5 Å². The topological polar surface area (TPSA) is 75.1 Å². The van der Waals surface area contributed by atoms with Gasteiger partial charge in [0.25, 0.3) is 0 Å². The Bertz CT molecular complexity index is 959. The van der Waals surface area contributed by atoms with Crippen molar-refractivity contribution in [3.63, 3.8) is 0 Å². The number of fused-ring (bicyclic) bond motifs is 1. The molecule has 2 aromatic carbocycles. The van der Waals surface area contributed by atoms with Crippen LogP contribution in [-0.2, 0) is 10.2 Å². The highest BCUT2D eigenvalue weighted by molar-refractivity contribution is 5.92. The molecular formula is C22H25N3O2. The number of anilines is 1. The molecule has 27 heavy (non-hydrogen) atoms. The quantitative estimate of drug-likeness (QED) is 0.676. The SMILES string of the molecule is CC[C@@H](Nc1nc(-c2ccc(C(C)(C)C)cc2)nc2ccccc12)C(=O)O. The molecule has 1 heterocycles. The number of hydrogen-bond acceptors (Lipinski definition) is 4.